The van der Waals surface area contributed by atoms with E-state index in [4.69, 9.17) is 37.9 Å². The number of fused-ring (bicyclic) bond motifs is 8. The van der Waals surface area contributed by atoms with Crippen molar-refractivity contribution in [1.82, 2.24) is 31.1 Å². The molecule has 4 N–H and O–H groups in total. The van der Waals surface area contributed by atoms with Gasteiger partial charge in [0.2, 0.25) is 0 Å². The second kappa shape index (κ2) is 31.4. The van der Waals surface area contributed by atoms with Crippen molar-refractivity contribution in [1.29, 1.82) is 0 Å². The van der Waals surface area contributed by atoms with E-state index < -0.39 is 0 Å². The number of hydrogen-bond donors (Lipinski definition) is 4. The summed E-state index contributed by atoms with van der Waals surface area (Å²) in [6, 6.07) is 22.8. The highest BCUT2D eigenvalue weighted by Crippen LogP contribution is 2.40. The van der Waals surface area contributed by atoms with E-state index in [2.05, 4.69) is 91.7 Å². The predicted octanol–water partition coefficient (Wildman–Crippen LogP) is 6.01. The molecule has 2 aliphatic heterocycles. The minimum absolute atomic E-state index is 0.429. The second-order valence-electron chi connectivity index (χ2n) is 18.7. The molecule has 7 rings (SSSR count). The first-order chi connectivity index (χ1) is 35.6. The SMILES string of the molecule is CCOCCOc1c2cccc1Cc1cc(CN3CCNCCNCC3)cc(c1OCCOCC)Cc1cccc(c1OCCOCC)Cc1cc(CN3CCNCCNCC3)cc(c1OCCOCC)C2. The molecule has 14 heteroatoms. The fourth-order valence-electron chi connectivity index (χ4n) is 10.0. The van der Waals surface area contributed by atoms with Crippen LogP contribution in [0.3, 0.4) is 0 Å². The van der Waals surface area contributed by atoms with Gasteiger partial charge in [0.1, 0.15) is 49.4 Å². The van der Waals surface area contributed by atoms with Crippen LogP contribution in [0.25, 0.3) is 0 Å². The molecule has 0 amide bonds. The van der Waals surface area contributed by atoms with E-state index in [1.54, 1.807) is 0 Å². The molecular weight excluding hydrogens is 909 g/mol. The van der Waals surface area contributed by atoms with Crippen molar-refractivity contribution in [3.05, 3.63) is 116 Å². The fraction of sp³-hybridized carbons (Fsp3) is 0.586. The average molecular weight is 995 g/mol. The molecule has 1 aliphatic carbocycles. The zero-order valence-electron chi connectivity index (χ0n) is 44.1. The van der Waals surface area contributed by atoms with E-state index in [0.29, 0.717) is 105 Å². The Morgan fingerprint density at radius 1 is 0.347 bits per heavy atom. The third kappa shape index (κ3) is 17.4. The second-order valence-corrected chi connectivity index (χ2v) is 18.7. The number of para-hydroxylation sites is 2. The maximum absolute atomic E-state index is 6.95. The molecule has 2 heterocycles. The van der Waals surface area contributed by atoms with Crippen LogP contribution in [-0.4, -0.2) is 168 Å². The first-order valence-corrected chi connectivity index (χ1v) is 27.2. The van der Waals surface area contributed by atoms with Crippen LogP contribution >= 0.6 is 0 Å². The van der Waals surface area contributed by atoms with Crippen LogP contribution in [-0.2, 0) is 57.7 Å². The Hall–Kier alpha value is -4.32. The van der Waals surface area contributed by atoms with E-state index in [1.807, 2.05) is 27.7 Å². The van der Waals surface area contributed by atoms with Gasteiger partial charge in [0.15, 0.2) is 0 Å². The third-order valence-corrected chi connectivity index (χ3v) is 13.4. The van der Waals surface area contributed by atoms with Crippen molar-refractivity contribution in [2.45, 2.75) is 66.5 Å². The van der Waals surface area contributed by atoms with Gasteiger partial charge in [-0.2, -0.15) is 0 Å². The van der Waals surface area contributed by atoms with Crippen LogP contribution in [0.5, 0.6) is 23.0 Å². The topological polar surface area (TPSA) is 128 Å². The van der Waals surface area contributed by atoms with Crippen molar-refractivity contribution in [3.8, 4) is 23.0 Å². The Morgan fingerprint density at radius 2 is 0.611 bits per heavy atom. The van der Waals surface area contributed by atoms with Gasteiger partial charge < -0.3 is 59.2 Å². The minimum Gasteiger partial charge on any atom is -0.491 e. The van der Waals surface area contributed by atoms with Gasteiger partial charge in [-0.25, -0.2) is 0 Å². The Morgan fingerprint density at radius 3 is 0.875 bits per heavy atom. The lowest BCUT2D eigenvalue weighted by Gasteiger charge is -2.26. The van der Waals surface area contributed by atoms with Crippen LogP contribution in [0.15, 0.2) is 60.7 Å². The van der Waals surface area contributed by atoms with E-state index in [9.17, 15) is 0 Å². The summed E-state index contributed by atoms with van der Waals surface area (Å²) in [6.07, 6.45) is 2.40. The molecule has 0 radical (unpaired) electrons. The fourth-order valence-corrected chi connectivity index (χ4v) is 10.0. The summed E-state index contributed by atoms with van der Waals surface area (Å²) in [4.78, 5) is 5.11. The highest BCUT2D eigenvalue weighted by molar-refractivity contribution is 5.57. The predicted molar refractivity (Wildman–Crippen MR) is 287 cm³/mol. The van der Waals surface area contributed by atoms with Gasteiger partial charge in [0.05, 0.1) is 26.4 Å². The van der Waals surface area contributed by atoms with Crippen molar-refractivity contribution < 1.29 is 37.9 Å². The molecule has 0 atom stereocenters. The number of rotatable bonds is 24. The third-order valence-electron chi connectivity index (χ3n) is 13.4. The van der Waals surface area contributed by atoms with Crippen molar-refractivity contribution in [3.63, 3.8) is 0 Å². The maximum atomic E-state index is 6.95. The molecule has 3 aliphatic rings. The first-order valence-electron chi connectivity index (χ1n) is 27.2. The highest BCUT2D eigenvalue weighted by atomic mass is 16.5. The number of ether oxygens (including phenoxy) is 8. The molecular formula is C58H86N6O8. The summed E-state index contributed by atoms with van der Waals surface area (Å²) >= 11 is 0. The van der Waals surface area contributed by atoms with Gasteiger partial charge in [-0.1, -0.05) is 60.7 Å². The molecule has 72 heavy (non-hydrogen) atoms. The molecule has 2 saturated heterocycles. The lowest BCUT2D eigenvalue weighted by atomic mass is 9.89. The zero-order chi connectivity index (χ0) is 50.0. The van der Waals surface area contributed by atoms with Crippen LogP contribution in [0, 0.1) is 0 Å². The molecule has 0 spiro atoms. The smallest absolute Gasteiger partial charge is 0.126 e. The van der Waals surface area contributed by atoms with Gasteiger partial charge in [0.25, 0.3) is 0 Å². The normalized spacial score (nSPS) is 16.4. The standard InChI is InChI=1S/C58H86N6O8/c1-5-65-27-31-69-55-47-11-9-12-48(55)40-52-36-46(44-64-25-21-61-17-18-62-22-26-64)38-54(58(52)72-34-30-68-8-4)42-50-14-10-13-49(56(50)70-32-28-66-6-2)41-53-37-45(43-63-23-19-59-15-16-60-20-24-63)35-51(39-47)57(53)71-33-29-67-7-3/h9-14,35-38,59-62H,5-8,15-34,39-44H2,1-4H3. The van der Waals surface area contributed by atoms with E-state index in [-0.39, 0.29) is 0 Å². The van der Waals surface area contributed by atoms with Gasteiger partial charge >= 0.3 is 0 Å². The largest absolute Gasteiger partial charge is 0.491 e. The highest BCUT2D eigenvalue weighted by Gasteiger charge is 2.25. The van der Waals surface area contributed by atoms with E-state index in [1.165, 1.54) is 11.1 Å². The maximum Gasteiger partial charge on any atom is 0.126 e. The number of nitrogens with zero attached hydrogens (tertiary/aromatic N) is 2. The molecule has 0 unspecified atom stereocenters. The molecule has 396 valence electrons. The van der Waals surface area contributed by atoms with E-state index in [0.717, 1.165) is 159 Å². The summed E-state index contributed by atoms with van der Waals surface area (Å²) in [5.41, 5.74) is 11.4. The van der Waals surface area contributed by atoms with Crippen molar-refractivity contribution in [2.75, 3.05) is 158 Å². The Kier molecular flexibility index (Phi) is 24.2. The van der Waals surface area contributed by atoms with Crippen LogP contribution < -0.4 is 40.2 Å². The molecule has 8 bridgehead atoms. The monoisotopic (exact) mass is 995 g/mol. The Balaban J connectivity index is 1.43. The van der Waals surface area contributed by atoms with Gasteiger partial charge in [0, 0.05) is 144 Å². The Bertz CT molecular complexity index is 1950. The number of nitrogens with one attached hydrogen (secondary N) is 4. The molecule has 4 aromatic rings. The summed E-state index contributed by atoms with van der Waals surface area (Å²) in [5.74, 6) is 3.54. The molecule has 14 nitrogen and oxygen atoms in total. The van der Waals surface area contributed by atoms with Gasteiger partial charge in [-0.05, 0) is 83.3 Å². The molecule has 0 saturated carbocycles. The molecule has 4 aromatic carbocycles. The average Bonchev–Trinajstić information content (AvgIpc) is 3.60. The lowest BCUT2D eigenvalue weighted by Crippen LogP contribution is -2.33. The quantitative estimate of drug-likeness (QED) is 0.0539. The summed E-state index contributed by atoms with van der Waals surface area (Å²) in [6.45, 7) is 27.5. The Labute approximate surface area is 431 Å². The van der Waals surface area contributed by atoms with E-state index >= 15 is 0 Å². The lowest BCUT2D eigenvalue weighted by molar-refractivity contribution is 0.108. The number of hydrogen-bond acceptors (Lipinski definition) is 14. The molecule has 2 fully saturated rings. The minimum atomic E-state index is 0.429. The van der Waals surface area contributed by atoms with Gasteiger partial charge in [-0.15, -0.1) is 0 Å². The summed E-state index contributed by atoms with van der Waals surface area (Å²) < 4.78 is 51.3. The van der Waals surface area contributed by atoms with Crippen molar-refractivity contribution >= 4 is 0 Å². The molecule has 0 aromatic heterocycles. The van der Waals surface area contributed by atoms with Crippen LogP contribution in [0.1, 0.15) is 83.3 Å². The zero-order valence-corrected chi connectivity index (χ0v) is 44.1. The van der Waals surface area contributed by atoms with Crippen molar-refractivity contribution in [2.24, 2.45) is 0 Å². The van der Waals surface area contributed by atoms with Gasteiger partial charge in [-0.3, -0.25) is 9.80 Å². The van der Waals surface area contributed by atoms with Crippen LogP contribution in [0.2, 0.25) is 0 Å². The van der Waals surface area contributed by atoms with Crippen LogP contribution in [0.4, 0.5) is 0 Å². The summed E-state index contributed by atoms with van der Waals surface area (Å²) in [5, 5.41) is 14.5. The first kappa shape index (κ1) is 55.4. The summed E-state index contributed by atoms with van der Waals surface area (Å²) in [7, 11) is 0. The number of benzene rings is 4.